The maximum atomic E-state index is 12.2. The Morgan fingerprint density at radius 1 is 1.45 bits per heavy atom. The van der Waals surface area contributed by atoms with E-state index >= 15 is 0 Å². The second-order valence-electron chi connectivity index (χ2n) is 5.08. The Morgan fingerprint density at radius 2 is 2.15 bits per heavy atom. The second kappa shape index (κ2) is 7.72. The van der Waals surface area contributed by atoms with Crippen LogP contribution in [0, 0.1) is 0 Å². The van der Waals surface area contributed by atoms with Gasteiger partial charge in [-0.3, -0.25) is 4.68 Å². The lowest BCUT2D eigenvalue weighted by atomic mass is 10.3. The highest BCUT2D eigenvalue weighted by atomic mass is 32.2. The molecular weight excluding hydrogens is 278 g/mol. The molecule has 1 aromatic rings. The van der Waals surface area contributed by atoms with Crippen LogP contribution >= 0.6 is 0 Å². The van der Waals surface area contributed by atoms with Crippen molar-refractivity contribution in [3.05, 3.63) is 12.4 Å². The molecule has 0 fully saturated rings. The molecule has 0 aliphatic heterocycles. The van der Waals surface area contributed by atoms with Crippen molar-refractivity contribution in [2.75, 3.05) is 33.7 Å². The van der Waals surface area contributed by atoms with Crippen LogP contribution in [-0.2, 0) is 16.6 Å². The van der Waals surface area contributed by atoms with E-state index < -0.39 is 10.0 Å². The summed E-state index contributed by atoms with van der Waals surface area (Å²) in [7, 11) is 0.317. The van der Waals surface area contributed by atoms with E-state index in [1.807, 2.05) is 32.8 Å². The molecule has 0 aromatic carbocycles. The summed E-state index contributed by atoms with van der Waals surface area (Å²) in [6.07, 6.45) is 2.94. The van der Waals surface area contributed by atoms with Crippen LogP contribution in [0.15, 0.2) is 17.3 Å². The Morgan fingerprint density at radius 3 is 2.75 bits per heavy atom. The number of sulfonamides is 1. The summed E-state index contributed by atoms with van der Waals surface area (Å²) >= 11 is 0. The Balaban J connectivity index is 2.63. The van der Waals surface area contributed by atoms with Crippen LogP contribution in [0.2, 0.25) is 0 Å². The van der Waals surface area contributed by atoms with E-state index in [9.17, 15) is 8.42 Å². The monoisotopic (exact) mass is 303 g/mol. The molecule has 1 aromatic heterocycles. The molecule has 0 saturated heterocycles. The van der Waals surface area contributed by atoms with E-state index in [0.717, 1.165) is 13.1 Å². The highest BCUT2D eigenvalue weighted by molar-refractivity contribution is 7.89. The number of likely N-dealkylation sites (N-methyl/N-ethyl adjacent to an activating group) is 2. The smallest absolute Gasteiger partial charge is 0.243 e. The van der Waals surface area contributed by atoms with Crippen LogP contribution in [0.1, 0.15) is 13.8 Å². The lowest BCUT2D eigenvalue weighted by molar-refractivity contribution is 0.370. The molecule has 1 unspecified atom stereocenters. The van der Waals surface area contributed by atoms with E-state index in [-0.39, 0.29) is 10.9 Å². The van der Waals surface area contributed by atoms with Crippen molar-refractivity contribution in [1.82, 2.24) is 24.7 Å². The summed E-state index contributed by atoms with van der Waals surface area (Å²) in [4.78, 5) is 2.15. The molecule has 2 N–H and O–H groups in total. The minimum atomic E-state index is -3.50. The van der Waals surface area contributed by atoms with Crippen molar-refractivity contribution in [3.63, 3.8) is 0 Å². The molecule has 0 aliphatic rings. The highest BCUT2D eigenvalue weighted by Gasteiger charge is 2.19. The number of aromatic nitrogens is 2. The van der Waals surface area contributed by atoms with Gasteiger partial charge in [0.25, 0.3) is 0 Å². The molecule has 7 nitrogen and oxygen atoms in total. The minimum absolute atomic E-state index is 0.153. The minimum Gasteiger partial charge on any atom is -0.315 e. The predicted octanol–water partition coefficient (Wildman–Crippen LogP) is -0.279. The van der Waals surface area contributed by atoms with Gasteiger partial charge in [0, 0.05) is 25.3 Å². The van der Waals surface area contributed by atoms with E-state index in [1.165, 1.54) is 6.20 Å². The molecular formula is C12H25N5O2S. The SMILES string of the molecule is CCNCCn1cc(S(=O)(=O)NC(C)CN(C)C)cn1. The summed E-state index contributed by atoms with van der Waals surface area (Å²) in [5, 5.41) is 7.24. The first-order valence-electron chi connectivity index (χ1n) is 6.75. The molecule has 1 heterocycles. The van der Waals surface area contributed by atoms with Gasteiger partial charge < -0.3 is 10.2 Å². The Labute approximate surface area is 121 Å². The second-order valence-corrected chi connectivity index (χ2v) is 6.79. The van der Waals surface area contributed by atoms with E-state index in [0.29, 0.717) is 13.1 Å². The fourth-order valence-electron chi connectivity index (χ4n) is 1.89. The zero-order valence-corrected chi connectivity index (χ0v) is 13.4. The molecule has 0 amide bonds. The van der Waals surface area contributed by atoms with Crippen molar-refractivity contribution >= 4 is 10.0 Å². The largest absolute Gasteiger partial charge is 0.315 e. The van der Waals surface area contributed by atoms with Gasteiger partial charge in [0.05, 0.1) is 12.7 Å². The zero-order valence-electron chi connectivity index (χ0n) is 12.6. The summed E-state index contributed by atoms with van der Waals surface area (Å²) in [5.74, 6) is 0. The molecule has 116 valence electrons. The van der Waals surface area contributed by atoms with Crippen molar-refractivity contribution in [3.8, 4) is 0 Å². The van der Waals surface area contributed by atoms with Crippen molar-refractivity contribution in [2.45, 2.75) is 31.3 Å². The zero-order chi connectivity index (χ0) is 15.2. The first-order chi connectivity index (χ1) is 9.35. The van der Waals surface area contributed by atoms with Crippen LogP contribution in [-0.4, -0.2) is 62.9 Å². The normalized spacial score (nSPS) is 13.8. The average molecular weight is 303 g/mol. The van der Waals surface area contributed by atoms with Gasteiger partial charge >= 0.3 is 0 Å². The van der Waals surface area contributed by atoms with Gasteiger partial charge in [-0.25, -0.2) is 13.1 Å². The third-order valence-corrected chi connectivity index (χ3v) is 4.23. The third kappa shape index (κ3) is 5.58. The van der Waals surface area contributed by atoms with Gasteiger partial charge in [-0.15, -0.1) is 0 Å². The van der Waals surface area contributed by atoms with Crippen molar-refractivity contribution < 1.29 is 8.42 Å². The predicted molar refractivity (Wildman–Crippen MR) is 79.1 cm³/mol. The maximum Gasteiger partial charge on any atom is 0.243 e. The fourth-order valence-corrected chi connectivity index (χ4v) is 3.08. The van der Waals surface area contributed by atoms with Gasteiger partial charge in [0.15, 0.2) is 0 Å². The molecule has 1 rings (SSSR count). The van der Waals surface area contributed by atoms with Crippen LogP contribution in [0.25, 0.3) is 0 Å². The van der Waals surface area contributed by atoms with Crippen LogP contribution in [0.5, 0.6) is 0 Å². The highest BCUT2D eigenvalue weighted by Crippen LogP contribution is 2.07. The Hall–Kier alpha value is -0.960. The lowest BCUT2D eigenvalue weighted by Gasteiger charge is -2.17. The van der Waals surface area contributed by atoms with Crippen LogP contribution in [0.4, 0.5) is 0 Å². The van der Waals surface area contributed by atoms with E-state index in [1.54, 1.807) is 10.9 Å². The fraction of sp³-hybridized carbons (Fsp3) is 0.750. The summed E-state index contributed by atoms with van der Waals surface area (Å²) < 4.78 is 28.6. The van der Waals surface area contributed by atoms with Gasteiger partial charge in [-0.2, -0.15) is 5.10 Å². The molecule has 1 atom stereocenters. The van der Waals surface area contributed by atoms with Crippen molar-refractivity contribution in [2.24, 2.45) is 0 Å². The van der Waals surface area contributed by atoms with E-state index in [4.69, 9.17) is 0 Å². The number of rotatable bonds is 9. The number of nitrogens with one attached hydrogen (secondary N) is 2. The summed E-state index contributed by atoms with van der Waals surface area (Å²) in [6, 6.07) is -0.153. The first kappa shape index (κ1) is 17.1. The standard InChI is InChI=1S/C12H25N5O2S/c1-5-13-6-7-17-10-12(8-14-17)20(18,19)15-11(2)9-16(3)4/h8,10-11,13,15H,5-7,9H2,1-4H3. The molecule has 0 bridgehead atoms. The van der Waals surface area contributed by atoms with Gasteiger partial charge in [0.2, 0.25) is 10.0 Å². The number of hydrogen-bond acceptors (Lipinski definition) is 5. The van der Waals surface area contributed by atoms with E-state index in [2.05, 4.69) is 15.1 Å². The summed E-state index contributed by atoms with van der Waals surface area (Å²) in [6.45, 7) is 6.81. The number of nitrogens with zero attached hydrogens (tertiary/aromatic N) is 3. The Bertz CT molecular complexity index is 498. The molecule has 0 spiro atoms. The lowest BCUT2D eigenvalue weighted by Crippen LogP contribution is -2.39. The first-order valence-corrected chi connectivity index (χ1v) is 8.23. The van der Waals surface area contributed by atoms with Gasteiger partial charge in [-0.1, -0.05) is 6.92 Å². The maximum absolute atomic E-state index is 12.2. The average Bonchev–Trinajstić information content (AvgIpc) is 2.76. The molecule has 0 aliphatic carbocycles. The molecule has 20 heavy (non-hydrogen) atoms. The molecule has 0 radical (unpaired) electrons. The van der Waals surface area contributed by atoms with Gasteiger partial charge in [-0.05, 0) is 27.6 Å². The van der Waals surface area contributed by atoms with Crippen LogP contribution in [0.3, 0.4) is 0 Å². The topological polar surface area (TPSA) is 79.3 Å². The quantitative estimate of drug-likeness (QED) is 0.614. The van der Waals surface area contributed by atoms with Gasteiger partial charge in [0.1, 0.15) is 4.90 Å². The molecule has 0 saturated carbocycles. The molecule has 8 heteroatoms. The summed E-state index contributed by atoms with van der Waals surface area (Å²) in [5.41, 5.74) is 0. The third-order valence-electron chi connectivity index (χ3n) is 2.68. The number of hydrogen-bond donors (Lipinski definition) is 2. The van der Waals surface area contributed by atoms with Crippen molar-refractivity contribution in [1.29, 1.82) is 0 Å². The Kier molecular flexibility index (Phi) is 6.60. The van der Waals surface area contributed by atoms with Crippen LogP contribution < -0.4 is 10.0 Å².